The van der Waals surface area contributed by atoms with E-state index in [0.29, 0.717) is 12.2 Å². The molecule has 16 heavy (non-hydrogen) atoms. The van der Waals surface area contributed by atoms with Crippen molar-refractivity contribution in [3.05, 3.63) is 35.9 Å². The van der Waals surface area contributed by atoms with E-state index in [9.17, 15) is 4.79 Å². The molecule has 90 valence electrons. The largest absolute Gasteiger partial charge is 0.300 e. The minimum atomic E-state index is 0.406. The number of aryl methyl sites for hydroxylation is 1. The fourth-order valence-electron chi connectivity index (χ4n) is 1.28. The van der Waals surface area contributed by atoms with Crippen molar-refractivity contribution in [1.82, 2.24) is 0 Å². The van der Waals surface area contributed by atoms with Crippen LogP contribution in [-0.2, 0) is 4.79 Å². The van der Waals surface area contributed by atoms with E-state index in [4.69, 9.17) is 0 Å². The summed E-state index contributed by atoms with van der Waals surface area (Å²) in [7, 11) is 0. The Morgan fingerprint density at radius 2 is 1.69 bits per heavy atom. The summed E-state index contributed by atoms with van der Waals surface area (Å²) < 4.78 is 0. The molecule has 1 nitrogen and oxygen atoms in total. The van der Waals surface area contributed by atoms with Crippen molar-refractivity contribution in [2.24, 2.45) is 0 Å². The Morgan fingerprint density at radius 3 is 2.06 bits per heavy atom. The van der Waals surface area contributed by atoms with E-state index in [0.717, 1.165) is 12.8 Å². The van der Waals surface area contributed by atoms with E-state index in [1.165, 1.54) is 18.4 Å². The van der Waals surface area contributed by atoms with Gasteiger partial charge in [-0.15, -0.1) is 0 Å². The molecule has 0 aliphatic carbocycles. The van der Waals surface area contributed by atoms with Crippen LogP contribution in [0.5, 0.6) is 0 Å². The molecule has 0 aliphatic rings. The Kier molecular flexibility index (Phi) is 9.69. The minimum Gasteiger partial charge on any atom is -0.300 e. The lowest BCUT2D eigenvalue weighted by molar-refractivity contribution is -0.118. The number of hydrogen-bond donors (Lipinski definition) is 0. The fourth-order valence-corrected chi connectivity index (χ4v) is 1.28. The van der Waals surface area contributed by atoms with Gasteiger partial charge in [0, 0.05) is 12.8 Å². The zero-order valence-corrected chi connectivity index (χ0v) is 10.8. The van der Waals surface area contributed by atoms with Crippen LogP contribution >= 0.6 is 0 Å². The smallest absolute Gasteiger partial charge is 0.132 e. The van der Waals surface area contributed by atoms with Crippen molar-refractivity contribution < 1.29 is 4.79 Å². The molecular weight excluding hydrogens is 196 g/mol. The van der Waals surface area contributed by atoms with E-state index in [1.54, 1.807) is 0 Å². The van der Waals surface area contributed by atoms with Crippen LogP contribution in [0, 0.1) is 6.92 Å². The average molecular weight is 220 g/mol. The molecule has 0 bridgehead atoms. The molecule has 0 fully saturated rings. The van der Waals surface area contributed by atoms with Crippen LogP contribution in [0.2, 0.25) is 0 Å². The monoisotopic (exact) mass is 220 g/mol. The first-order valence-electron chi connectivity index (χ1n) is 6.24. The van der Waals surface area contributed by atoms with Gasteiger partial charge in [-0.3, -0.25) is 4.79 Å². The molecule has 0 amide bonds. The van der Waals surface area contributed by atoms with Crippen LogP contribution in [-0.4, -0.2) is 5.78 Å². The highest BCUT2D eigenvalue weighted by atomic mass is 16.1. The van der Waals surface area contributed by atoms with Gasteiger partial charge < -0.3 is 0 Å². The Balaban J connectivity index is 0.000000288. The lowest BCUT2D eigenvalue weighted by Gasteiger charge is -1.93. The Labute approximate surface area is 99.9 Å². The number of benzene rings is 1. The number of ketones is 1. The van der Waals surface area contributed by atoms with E-state index in [2.05, 4.69) is 26.0 Å². The first-order chi connectivity index (χ1) is 7.70. The third-order valence-corrected chi connectivity index (χ3v) is 2.39. The highest BCUT2D eigenvalue weighted by Crippen LogP contribution is 2.00. The van der Waals surface area contributed by atoms with Gasteiger partial charge in [0.25, 0.3) is 0 Å². The maximum Gasteiger partial charge on any atom is 0.132 e. The van der Waals surface area contributed by atoms with Crippen molar-refractivity contribution in [2.75, 3.05) is 0 Å². The molecule has 0 unspecified atom stereocenters. The molecule has 1 heteroatoms. The van der Waals surface area contributed by atoms with Crippen LogP contribution in [0.4, 0.5) is 0 Å². The summed E-state index contributed by atoms with van der Waals surface area (Å²) >= 11 is 0. The normalized spacial score (nSPS) is 9.19. The predicted molar refractivity (Wildman–Crippen MR) is 70.6 cm³/mol. The lowest BCUT2D eigenvalue weighted by Crippen LogP contribution is -1.93. The molecule has 0 aromatic heterocycles. The van der Waals surface area contributed by atoms with Crippen molar-refractivity contribution in [3.8, 4) is 0 Å². The lowest BCUT2D eigenvalue weighted by atomic mass is 10.1. The second kappa shape index (κ2) is 10.4. The van der Waals surface area contributed by atoms with Crippen LogP contribution in [0.15, 0.2) is 30.3 Å². The molecular formula is C15H24O. The first-order valence-corrected chi connectivity index (χ1v) is 6.24. The number of hydrogen-bond acceptors (Lipinski definition) is 1. The summed E-state index contributed by atoms with van der Waals surface area (Å²) in [6, 6.07) is 10.3. The Bertz CT molecular complexity index is 264. The number of carbonyl (C=O) groups excluding carboxylic acids is 1. The van der Waals surface area contributed by atoms with Crippen LogP contribution in [0.25, 0.3) is 0 Å². The van der Waals surface area contributed by atoms with Gasteiger partial charge >= 0.3 is 0 Å². The molecule has 1 aromatic carbocycles. The first kappa shape index (κ1) is 14.9. The molecule has 0 radical (unpaired) electrons. The van der Waals surface area contributed by atoms with Crippen LogP contribution in [0.3, 0.4) is 0 Å². The number of unbranched alkanes of at least 4 members (excludes halogenated alkanes) is 2. The molecule has 1 aromatic rings. The van der Waals surface area contributed by atoms with Gasteiger partial charge in [-0.05, 0) is 13.3 Å². The highest BCUT2D eigenvalue weighted by molar-refractivity contribution is 5.77. The van der Waals surface area contributed by atoms with E-state index in [1.807, 2.05) is 25.1 Å². The van der Waals surface area contributed by atoms with E-state index in [-0.39, 0.29) is 0 Å². The molecule has 0 aliphatic heterocycles. The maximum atomic E-state index is 10.7. The average Bonchev–Trinajstić information content (AvgIpc) is 2.31. The predicted octanol–water partition coefficient (Wildman–Crippen LogP) is 4.54. The van der Waals surface area contributed by atoms with Crippen molar-refractivity contribution in [2.45, 2.75) is 52.9 Å². The maximum absolute atomic E-state index is 10.7. The molecule has 0 N–H and O–H groups in total. The summed E-state index contributed by atoms with van der Waals surface area (Å²) in [6.45, 7) is 6.16. The number of Topliss-reactive ketones (excluding diaryl/α,β-unsaturated/α-hetero) is 1. The van der Waals surface area contributed by atoms with Crippen molar-refractivity contribution in [1.29, 1.82) is 0 Å². The Hall–Kier alpha value is -1.11. The zero-order chi connectivity index (χ0) is 12.2. The molecule has 0 saturated carbocycles. The molecule has 0 spiro atoms. The SMILES string of the molecule is CCCCCC(=O)CC.Cc1ccccc1. The summed E-state index contributed by atoms with van der Waals surface area (Å²) in [5.74, 6) is 0.406. The second-order valence-electron chi connectivity index (χ2n) is 4.00. The number of rotatable bonds is 5. The molecule has 0 atom stereocenters. The summed E-state index contributed by atoms with van der Waals surface area (Å²) in [5.41, 5.74) is 1.32. The van der Waals surface area contributed by atoms with E-state index >= 15 is 0 Å². The summed E-state index contributed by atoms with van der Waals surface area (Å²) in [4.78, 5) is 10.7. The minimum absolute atomic E-state index is 0.406. The van der Waals surface area contributed by atoms with Gasteiger partial charge in [0.2, 0.25) is 0 Å². The van der Waals surface area contributed by atoms with Gasteiger partial charge in [0.15, 0.2) is 0 Å². The third kappa shape index (κ3) is 9.45. The van der Waals surface area contributed by atoms with Crippen LogP contribution in [0.1, 0.15) is 51.5 Å². The van der Waals surface area contributed by atoms with Gasteiger partial charge in [-0.25, -0.2) is 0 Å². The quantitative estimate of drug-likeness (QED) is 0.666. The standard InChI is InChI=1S/C8H16O.C7H8/c1-3-5-6-7-8(9)4-2;1-7-5-3-2-4-6-7/h3-7H2,1-2H3;2-6H,1H3. The summed E-state index contributed by atoms with van der Waals surface area (Å²) in [5, 5.41) is 0. The Morgan fingerprint density at radius 1 is 1.06 bits per heavy atom. The zero-order valence-electron chi connectivity index (χ0n) is 10.8. The van der Waals surface area contributed by atoms with Gasteiger partial charge in [-0.2, -0.15) is 0 Å². The topological polar surface area (TPSA) is 17.1 Å². The van der Waals surface area contributed by atoms with Crippen LogP contribution < -0.4 is 0 Å². The second-order valence-corrected chi connectivity index (χ2v) is 4.00. The fraction of sp³-hybridized carbons (Fsp3) is 0.533. The van der Waals surface area contributed by atoms with Gasteiger partial charge in [-0.1, -0.05) is 62.6 Å². The van der Waals surface area contributed by atoms with Gasteiger partial charge in [0.1, 0.15) is 5.78 Å². The third-order valence-electron chi connectivity index (χ3n) is 2.39. The van der Waals surface area contributed by atoms with E-state index < -0.39 is 0 Å². The summed E-state index contributed by atoms with van der Waals surface area (Å²) in [6.07, 6.45) is 5.00. The number of carbonyl (C=O) groups is 1. The molecule has 0 heterocycles. The van der Waals surface area contributed by atoms with Crippen molar-refractivity contribution in [3.63, 3.8) is 0 Å². The van der Waals surface area contributed by atoms with Crippen molar-refractivity contribution >= 4 is 5.78 Å². The molecule has 1 rings (SSSR count). The highest BCUT2D eigenvalue weighted by Gasteiger charge is 1.95. The molecule has 0 saturated heterocycles. The van der Waals surface area contributed by atoms with Gasteiger partial charge in [0.05, 0.1) is 0 Å².